The van der Waals surface area contributed by atoms with E-state index < -0.39 is 17.9 Å². The summed E-state index contributed by atoms with van der Waals surface area (Å²) < 4.78 is 50.4. The molecule has 5 heteroatoms. The minimum Gasteiger partial charge on any atom is -0.381 e. The molecule has 0 bridgehead atoms. The molecule has 1 atom stereocenters. The highest BCUT2D eigenvalue weighted by atomic mass is 19.4. The Bertz CT molecular complexity index is 358. The quantitative estimate of drug-likeness (QED) is 0.641. The van der Waals surface area contributed by atoms with Crippen molar-refractivity contribution in [1.29, 1.82) is 0 Å². The van der Waals surface area contributed by atoms with Gasteiger partial charge < -0.3 is 5.32 Å². The molecule has 1 aromatic carbocycles. The van der Waals surface area contributed by atoms with E-state index in [0.717, 1.165) is 6.07 Å². The molecule has 1 N–H and O–H groups in total. The molecule has 1 aliphatic heterocycles. The number of hydrogen-bond acceptors (Lipinski definition) is 1. The van der Waals surface area contributed by atoms with Gasteiger partial charge in [-0.25, -0.2) is 4.39 Å². The number of fused-ring (bicyclic) bond motifs is 1. The van der Waals surface area contributed by atoms with Crippen LogP contribution in [0.1, 0.15) is 17.3 Å². The van der Waals surface area contributed by atoms with Gasteiger partial charge in [0.05, 0.1) is 12.1 Å². The Kier molecular flexibility index (Phi) is 1.90. The summed E-state index contributed by atoms with van der Waals surface area (Å²) in [6.07, 6.45) is -6.05. The number of benzene rings is 1. The van der Waals surface area contributed by atoms with Crippen molar-refractivity contribution in [2.75, 3.05) is 11.9 Å². The maximum Gasteiger partial charge on any atom is 0.416 e. The van der Waals surface area contributed by atoms with Gasteiger partial charge in [-0.05, 0) is 12.1 Å². The van der Waals surface area contributed by atoms with E-state index in [2.05, 4.69) is 5.32 Å². The summed E-state index contributed by atoms with van der Waals surface area (Å²) in [5.74, 6) is 0. The molecule has 14 heavy (non-hydrogen) atoms. The standard InChI is InChI=1S/C9H7F4N/c10-6-4-14-7-3-1-2-5(8(6)7)9(11,12)13/h1-3,6,14H,4H2. The van der Waals surface area contributed by atoms with Crippen LogP contribution in [0.25, 0.3) is 0 Å². The molecule has 0 aromatic heterocycles. The fourth-order valence-electron chi connectivity index (χ4n) is 1.61. The van der Waals surface area contributed by atoms with Crippen LogP contribution in [0.5, 0.6) is 0 Å². The number of hydrogen-bond donors (Lipinski definition) is 1. The molecular weight excluding hydrogens is 198 g/mol. The van der Waals surface area contributed by atoms with Crippen molar-refractivity contribution in [2.24, 2.45) is 0 Å². The van der Waals surface area contributed by atoms with Crippen LogP contribution in [0.4, 0.5) is 23.2 Å². The Hall–Kier alpha value is -1.26. The predicted molar refractivity (Wildman–Crippen MR) is 43.8 cm³/mol. The molecule has 0 radical (unpaired) electrons. The van der Waals surface area contributed by atoms with E-state index in [-0.39, 0.29) is 17.8 Å². The first-order valence-corrected chi connectivity index (χ1v) is 4.08. The van der Waals surface area contributed by atoms with Crippen molar-refractivity contribution in [3.63, 3.8) is 0 Å². The molecule has 1 unspecified atom stereocenters. The number of nitrogens with one attached hydrogen (secondary N) is 1. The van der Waals surface area contributed by atoms with E-state index in [1.54, 1.807) is 0 Å². The van der Waals surface area contributed by atoms with E-state index >= 15 is 0 Å². The van der Waals surface area contributed by atoms with Crippen molar-refractivity contribution in [3.05, 3.63) is 29.3 Å². The van der Waals surface area contributed by atoms with Gasteiger partial charge in [0.2, 0.25) is 0 Å². The zero-order valence-electron chi connectivity index (χ0n) is 7.03. The van der Waals surface area contributed by atoms with Crippen LogP contribution in [-0.4, -0.2) is 6.54 Å². The Morgan fingerprint density at radius 3 is 2.64 bits per heavy atom. The lowest BCUT2D eigenvalue weighted by atomic mass is 10.0. The Balaban J connectivity index is 2.58. The molecule has 0 saturated heterocycles. The second kappa shape index (κ2) is 2.87. The lowest BCUT2D eigenvalue weighted by Gasteiger charge is -2.11. The lowest BCUT2D eigenvalue weighted by Crippen LogP contribution is -2.09. The van der Waals surface area contributed by atoms with Crippen molar-refractivity contribution in [3.8, 4) is 0 Å². The highest BCUT2D eigenvalue weighted by Crippen LogP contribution is 2.42. The maximum atomic E-state index is 13.1. The van der Waals surface area contributed by atoms with Crippen LogP contribution in [0.3, 0.4) is 0 Å². The highest BCUT2D eigenvalue weighted by Gasteiger charge is 2.38. The first-order chi connectivity index (χ1) is 6.50. The Morgan fingerprint density at radius 1 is 1.29 bits per heavy atom. The van der Waals surface area contributed by atoms with Crippen molar-refractivity contribution in [1.82, 2.24) is 0 Å². The average molecular weight is 205 g/mol. The monoisotopic (exact) mass is 205 g/mol. The second-order valence-corrected chi connectivity index (χ2v) is 3.11. The summed E-state index contributed by atoms with van der Waals surface area (Å²) in [4.78, 5) is 0. The van der Waals surface area contributed by atoms with Gasteiger partial charge in [0, 0.05) is 11.3 Å². The van der Waals surface area contributed by atoms with Gasteiger partial charge in [0.15, 0.2) is 0 Å². The minimum absolute atomic E-state index is 0.0809. The highest BCUT2D eigenvalue weighted by molar-refractivity contribution is 5.60. The third-order valence-electron chi connectivity index (χ3n) is 2.20. The predicted octanol–water partition coefficient (Wildman–Crippen LogP) is 3.14. The molecule has 0 fully saturated rings. The Labute approximate surface area is 77.7 Å². The van der Waals surface area contributed by atoms with E-state index in [4.69, 9.17) is 0 Å². The fraction of sp³-hybridized carbons (Fsp3) is 0.333. The van der Waals surface area contributed by atoms with Crippen molar-refractivity contribution < 1.29 is 17.6 Å². The van der Waals surface area contributed by atoms with Gasteiger partial charge in [0.25, 0.3) is 0 Å². The Morgan fingerprint density at radius 2 is 2.00 bits per heavy atom. The molecule has 0 amide bonds. The lowest BCUT2D eigenvalue weighted by molar-refractivity contribution is -0.138. The fourth-order valence-corrected chi connectivity index (χ4v) is 1.61. The molecule has 1 aromatic rings. The van der Waals surface area contributed by atoms with E-state index in [9.17, 15) is 17.6 Å². The largest absolute Gasteiger partial charge is 0.416 e. The first-order valence-electron chi connectivity index (χ1n) is 4.08. The van der Waals surface area contributed by atoms with Gasteiger partial charge in [0.1, 0.15) is 6.17 Å². The van der Waals surface area contributed by atoms with Crippen molar-refractivity contribution in [2.45, 2.75) is 12.3 Å². The van der Waals surface area contributed by atoms with Crippen LogP contribution in [0, 0.1) is 0 Å². The third kappa shape index (κ3) is 1.32. The van der Waals surface area contributed by atoms with Gasteiger partial charge in [-0.2, -0.15) is 13.2 Å². The van der Waals surface area contributed by atoms with Crippen LogP contribution in [0.2, 0.25) is 0 Å². The number of rotatable bonds is 0. The molecule has 1 aliphatic rings. The number of alkyl halides is 4. The van der Waals surface area contributed by atoms with Gasteiger partial charge >= 0.3 is 6.18 Å². The zero-order valence-corrected chi connectivity index (χ0v) is 7.03. The maximum absolute atomic E-state index is 13.1. The molecule has 2 rings (SSSR count). The van der Waals surface area contributed by atoms with E-state index in [1.165, 1.54) is 12.1 Å². The van der Waals surface area contributed by atoms with Crippen molar-refractivity contribution >= 4 is 5.69 Å². The average Bonchev–Trinajstić information content (AvgIpc) is 2.46. The SMILES string of the molecule is FC1CNc2cccc(C(F)(F)F)c21. The summed E-state index contributed by atoms with van der Waals surface area (Å²) in [6.45, 7) is -0.0809. The molecule has 1 heterocycles. The summed E-state index contributed by atoms with van der Waals surface area (Å²) in [6, 6.07) is 3.62. The molecule has 0 saturated carbocycles. The smallest absolute Gasteiger partial charge is 0.381 e. The second-order valence-electron chi connectivity index (χ2n) is 3.11. The number of halogens is 4. The topological polar surface area (TPSA) is 12.0 Å². The van der Waals surface area contributed by atoms with Crippen LogP contribution < -0.4 is 5.32 Å². The summed E-state index contributed by atoms with van der Waals surface area (Å²) in [5.41, 5.74) is -0.903. The van der Waals surface area contributed by atoms with Crippen LogP contribution in [-0.2, 0) is 6.18 Å². The molecular formula is C9H7F4N. The molecule has 1 nitrogen and oxygen atoms in total. The summed E-state index contributed by atoms with van der Waals surface area (Å²) in [5, 5.41) is 2.59. The van der Waals surface area contributed by atoms with E-state index in [1.807, 2.05) is 0 Å². The number of anilines is 1. The van der Waals surface area contributed by atoms with Gasteiger partial charge in [-0.15, -0.1) is 0 Å². The minimum atomic E-state index is -4.48. The van der Waals surface area contributed by atoms with E-state index in [0.29, 0.717) is 0 Å². The molecule has 0 spiro atoms. The van der Waals surface area contributed by atoms with Gasteiger partial charge in [-0.1, -0.05) is 6.07 Å². The normalized spacial score (nSPS) is 20.4. The summed E-state index contributed by atoms with van der Waals surface area (Å²) in [7, 11) is 0. The molecule has 0 aliphatic carbocycles. The third-order valence-corrected chi connectivity index (χ3v) is 2.20. The van der Waals surface area contributed by atoms with Gasteiger partial charge in [-0.3, -0.25) is 0 Å². The molecule has 76 valence electrons. The first kappa shape index (κ1) is 9.30. The zero-order chi connectivity index (χ0) is 10.3. The summed E-state index contributed by atoms with van der Waals surface area (Å²) >= 11 is 0. The van der Waals surface area contributed by atoms with Crippen LogP contribution >= 0.6 is 0 Å². The van der Waals surface area contributed by atoms with Crippen LogP contribution in [0.15, 0.2) is 18.2 Å².